The molecular weight excluding hydrogens is 212 g/mol. The molecule has 2 aromatic heterocycles. The molecule has 2 aromatic rings. The minimum atomic E-state index is 0.258. The van der Waals surface area contributed by atoms with Crippen LogP contribution in [0, 0.1) is 11.3 Å². The van der Waals surface area contributed by atoms with Crippen molar-refractivity contribution in [2.45, 2.75) is 27.7 Å². The van der Waals surface area contributed by atoms with E-state index in [0.717, 1.165) is 18.0 Å². The third-order valence-electron chi connectivity index (χ3n) is 3.55. The SMILES string of the molecule is CC(C)C(C)(C)CNc1ccn2nccc2n1. The van der Waals surface area contributed by atoms with Crippen molar-refractivity contribution < 1.29 is 0 Å². The zero-order chi connectivity index (χ0) is 12.5. The largest absolute Gasteiger partial charge is 0.369 e. The number of rotatable bonds is 4. The van der Waals surface area contributed by atoms with Crippen LogP contribution in [0.5, 0.6) is 0 Å². The van der Waals surface area contributed by atoms with E-state index in [1.807, 2.05) is 18.3 Å². The van der Waals surface area contributed by atoms with E-state index in [9.17, 15) is 0 Å². The molecular formula is C13H20N4. The van der Waals surface area contributed by atoms with Gasteiger partial charge in [-0.2, -0.15) is 5.10 Å². The maximum atomic E-state index is 4.49. The molecule has 2 heterocycles. The minimum absolute atomic E-state index is 0.258. The molecule has 0 saturated heterocycles. The molecule has 0 spiro atoms. The van der Waals surface area contributed by atoms with Gasteiger partial charge in [0, 0.05) is 18.8 Å². The van der Waals surface area contributed by atoms with Gasteiger partial charge in [-0.15, -0.1) is 0 Å². The lowest BCUT2D eigenvalue weighted by molar-refractivity contribution is 0.269. The van der Waals surface area contributed by atoms with E-state index in [0.29, 0.717) is 5.92 Å². The highest BCUT2D eigenvalue weighted by Crippen LogP contribution is 2.26. The second kappa shape index (κ2) is 4.35. The van der Waals surface area contributed by atoms with Crippen LogP contribution in [-0.2, 0) is 0 Å². The smallest absolute Gasteiger partial charge is 0.157 e. The first kappa shape index (κ1) is 11.9. The maximum absolute atomic E-state index is 4.49. The van der Waals surface area contributed by atoms with Gasteiger partial charge in [-0.05, 0) is 17.4 Å². The Hall–Kier alpha value is -1.58. The van der Waals surface area contributed by atoms with E-state index in [1.165, 1.54) is 0 Å². The fraction of sp³-hybridized carbons (Fsp3) is 0.538. The van der Waals surface area contributed by atoms with Gasteiger partial charge in [0.2, 0.25) is 0 Å². The van der Waals surface area contributed by atoms with Crippen molar-refractivity contribution in [2.24, 2.45) is 11.3 Å². The fourth-order valence-corrected chi connectivity index (χ4v) is 1.43. The summed E-state index contributed by atoms with van der Waals surface area (Å²) in [5.74, 6) is 1.54. The minimum Gasteiger partial charge on any atom is -0.369 e. The molecule has 0 aromatic carbocycles. The molecule has 0 amide bonds. The number of aromatic nitrogens is 3. The van der Waals surface area contributed by atoms with E-state index in [1.54, 1.807) is 10.7 Å². The number of nitrogens with one attached hydrogen (secondary N) is 1. The topological polar surface area (TPSA) is 42.2 Å². The highest BCUT2D eigenvalue weighted by molar-refractivity contribution is 5.45. The van der Waals surface area contributed by atoms with Gasteiger partial charge in [0.05, 0.1) is 6.20 Å². The van der Waals surface area contributed by atoms with Crippen molar-refractivity contribution >= 4 is 11.5 Å². The highest BCUT2D eigenvalue weighted by atomic mass is 15.2. The predicted octanol–water partition coefficient (Wildman–Crippen LogP) is 2.82. The molecule has 4 nitrogen and oxygen atoms in total. The molecule has 0 radical (unpaired) electrons. The Morgan fingerprint density at radius 3 is 2.82 bits per heavy atom. The average molecular weight is 232 g/mol. The van der Waals surface area contributed by atoms with Crippen molar-refractivity contribution in [2.75, 3.05) is 11.9 Å². The summed E-state index contributed by atoms with van der Waals surface area (Å²) < 4.78 is 1.76. The van der Waals surface area contributed by atoms with Crippen LogP contribution >= 0.6 is 0 Å². The number of nitrogens with zero attached hydrogens (tertiary/aromatic N) is 3. The Morgan fingerprint density at radius 2 is 2.12 bits per heavy atom. The number of fused-ring (bicyclic) bond motifs is 1. The quantitative estimate of drug-likeness (QED) is 0.881. The predicted molar refractivity (Wildman–Crippen MR) is 70.1 cm³/mol. The van der Waals surface area contributed by atoms with Crippen LogP contribution in [0.3, 0.4) is 0 Å². The van der Waals surface area contributed by atoms with Crippen LogP contribution in [0.1, 0.15) is 27.7 Å². The molecule has 0 saturated carbocycles. The lowest BCUT2D eigenvalue weighted by Gasteiger charge is -2.29. The zero-order valence-electron chi connectivity index (χ0n) is 10.9. The van der Waals surface area contributed by atoms with Gasteiger partial charge in [-0.3, -0.25) is 0 Å². The summed E-state index contributed by atoms with van der Waals surface area (Å²) >= 11 is 0. The van der Waals surface area contributed by atoms with Crippen LogP contribution < -0.4 is 5.32 Å². The number of anilines is 1. The Kier molecular flexibility index (Phi) is 3.05. The molecule has 0 aliphatic heterocycles. The normalized spacial score (nSPS) is 12.3. The molecule has 4 heteroatoms. The Bertz CT molecular complexity index is 499. The first-order valence-electron chi connectivity index (χ1n) is 6.03. The third kappa shape index (κ3) is 2.57. The second-order valence-electron chi connectivity index (χ2n) is 5.44. The summed E-state index contributed by atoms with van der Waals surface area (Å²) in [5.41, 5.74) is 1.13. The van der Waals surface area contributed by atoms with Crippen LogP contribution in [-0.4, -0.2) is 21.1 Å². The van der Waals surface area contributed by atoms with E-state index >= 15 is 0 Å². The second-order valence-corrected chi connectivity index (χ2v) is 5.44. The molecule has 0 fully saturated rings. The lowest BCUT2D eigenvalue weighted by Crippen LogP contribution is -2.28. The molecule has 0 aliphatic rings. The van der Waals surface area contributed by atoms with Crippen LogP contribution in [0.2, 0.25) is 0 Å². The van der Waals surface area contributed by atoms with Gasteiger partial charge in [0.25, 0.3) is 0 Å². The Balaban J connectivity index is 2.08. The number of hydrogen-bond donors (Lipinski definition) is 1. The van der Waals surface area contributed by atoms with Crippen molar-refractivity contribution in [3.05, 3.63) is 24.5 Å². The van der Waals surface area contributed by atoms with E-state index < -0.39 is 0 Å². The standard InChI is InChI=1S/C13H20N4/c1-10(2)13(3,4)9-14-11-6-8-17-12(16-11)5-7-15-17/h5-8,10H,9H2,1-4H3,(H,14,16). The molecule has 0 aliphatic carbocycles. The van der Waals surface area contributed by atoms with E-state index in [-0.39, 0.29) is 5.41 Å². The van der Waals surface area contributed by atoms with Crippen LogP contribution in [0.25, 0.3) is 5.65 Å². The molecule has 92 valence electrons. The number of hydrogen-bond acceptors (Lipinski definition) is 3. The van der Waals surface area contributed by atoms with Crippen LogP contribution in [0.4, 0.5) is 5.82 Å². The van der Waals surface area contributed by atoms with Gasteiger partial charge in [0.1, 0.15) is 5.82 Å². The lowest BCUT2D eigenvalue weighted by atomic mass is 9.81. The monoisotopic (exact) mass is 232 g/mol. The molecule has 0 bridgehead atoms. The van der Waals surface area contributed by atoms with Gasteiger partial charge in [-0.1, -0.05) is 27.7 Å². The van der Waals surface area contributed by atoms with Crippen molar-refractivity contribution in [1.29, 1.82) is 0 Å². The molecule has 2 rings (SSSR count). The van der Waals surface area contributed by atoms with Crippen LogP contribution in [0.15, 0.2) is 24.5 Å². The Labute approximate surface area is 102 Å². The van der Waals surface area contributed by atoms with Crippen molar-refractivity contribution in [1.82, 2.24) is 14.6 Å². The summed E-state index contributed by atoms with van der Waals surface area (Å²) in [7, 11) is 0. The first-order chi connectivity index (χ1) is 7.99. The van der Waals surface area contributed by atoms with Gasteiger partial charge in [-0.25, -0.2) is 9.50 Å². The fourth-order valence-electron chi connectivity index (χ4n) is 1.43. The third-order valence-corrected chi connectivity index (χ3v) is 3.55. The summed E-state index contributed by atoms with van der Waals surface area (Å²) in [6.45, 7) is 9.94. The Morgan fingerprint density at radius 1 is 1.35 bits per heavy atom. The molecule has 1 N–H and O–H groups in total. The highest BCUT2D eigenvalue weighted by Gasteiger charge is 2.21. The van der Waals surface area contributed by atoms with E-state index in [2.05, 4.69) is 43.1 Å². The first-order valence-corrected chi connectivity index (χ1v) is 6.03. The molecule has 0 unspecified atom stereocenters. The van der Waals surface area contributed by atoms with Gasteiger partial charge >= 0.3 is 0 Å². The van der Waals surface area contributed by atoms with Crippen molar-refractivity contribution in [3.8, 4) is 0 Å². The van der Waals surface area contributed by atoms with Crippen molar-refractivity contribution in [3.63, 3.8) is 0 Å². The summed E-state index contributed by atoms with van der Waals surface area (Å²) in [5, 5.41) is 7.52. The molecule has 17 heavy (non-hydrogen) atoms. The summed E-state index contributed by atoms with van der Waals surface area (Å²) in [6, 6.07) is 3.86. The van der Waals surface area contributed by atoms with E-state index in [4.69, 9.17) is 0 Å². The summed E-state index contributed by atoms with van der Waals surface area (Å²) in [4.78, 5) is 4.49. The van der Waals surface area contributed by atoms with Gasteiger partial charge in [0.15, 0.2) is 5.65 Å². The zero-order valence-corrected chi connectivity index (χ0v) is 10.9. The molecule has 0 atom stereocenters. The maximum Gasteiger partial charge on any atom is 0.157 e. The van der Waals surface area contributed by atoms with Gasteiger partial charge < -0.3 is 5.32 Å². The summed E-state index contributed by atoms with van der Waals surface area (Å²) in [6.07, 6.45) is 3.68. The average Bonchev–Trinajstić information content (AvgIpc) is 2.73.